The van der Waals surface area contributed by atoms with Crippen molar-refractivity contribution in [3.05, 3.63) is 36.0 Å². The van der Waals surface area contributed by atoms with Crippen LogP contribution in [0.5, 0.6) is 0 Å². The predicted octanol–water partition coefficient (Wildman–Crippen LogP) is 6.65. The van der Waals surface area contributed by atoms with Gasteiger partial charge in [-0.25, -0.2) is 0 Å². The van der Waals surface area contributed by atoms with E-state index >= 15 is 0 Å². The second-order valence-electron chi connectivity index (χ2n) is 11.8. The molecule has 4 aliphatic carbocycles. The molecule has 7 atom stereocenters. The first-order valence-corrected chi connectivity index (χ1v) is 12.4. The third kappa shape index (κ3) is 3.29. The molecule has 4 fully saturated rings. The van der Waals surface area contributed by atoms with E-state index in [4.69, 9.17) is 0 Å². The van der Waals surface area contributed by atoms with Crippen molar-refractivity contribution in [2.24, 2.45) is 40.4 Å². The van der Waals surface area contributed by atoms with Crippen LogP contribution in [-0.2, 0) is 4.79 Å². The van der Waals surface area contributed by atoms with Crippen molar-refractivity contribution in [3.8, 4) is 0 Å². The number of fused-ring (bicyclic) bond motifs is 2. The molecule has 0 aliphatic heterocycles. The van der Waals surface area contributed by atoms with Gasteiger partial charge in [0.15, 0.2) is 5.78 Å². The Morgan fingerprint density at radius 2 is 1.93 bits per heavy atom. The molecule has 0 saturated heterocycles. The first-order valence-electron chi connectivity index (χ1n) is 12.4. The Kier molecular flexibility index (Phi) is 5.49. The number of aliphatic hydroxyl groups is 1. The molecule has 4 rings (SSSR count). The lowest BCUT2D eigenvalue weighted by Gasteiger charge is -2.44. The van der Waals surface area contributed by atoms with Gasteiger partial charge in [-0.15, -0.1) is 0 Å². The van der Waals surface area contributed by atoms with Gasteiger partial charge in [0.2, 0.25) is 0 Å². The highest BCUT2D eigenvalue weighted by atomic mass is 16.3. The fourth-order valence-corrected chi connectivity index (χ4v) is 7.30. The summed E-state index contributed by atoms with van der Waals surface area (Å²) in [6.07, 6.45) is 15.6. The van der Waals surface area contributed by atoms with Gasteiger partial charge in [-0.2, -0.15) is 0 Å². The van der Waals surface area contributed by atoms with Crippen LogP contribution in [0.25, 0.3) is 0 Å². The van der Waals surface area contributed by atoms with Gasteiger partial charge < -0.3 is 5.11 Å². The van der Waals surface area contributed by atoms with E-state index in [-0.39, 0.29) is 17.6 Å². The molecule has 4 aliphatic rings. The number of rotatable bonds is 6. The van der Waals surface area contributed by atoms with Gasteiger partial charge in [-0.3, -0.25) is 4.79 Å². The van der Waals surface area contributed by atoms with Crippen LogP contribution >= 0.6 is 0 Å². The maximum Gasteiger partial charge on any atom is 0.161 e. The molecule has 0 radical (unpaired) electrons. The van der Waals surface area contributed by atoms with Gasteiger partial charge in [0.25, 0.3) is 0 Å². The molecule has 1 unspecified atom stereocenters. The standard InChI is InChI=1S/C28H42O2/c1-18(2)19(3)9-10-20(4)23-11-12-24-22(8-7-14-26(23,24)6)13-15-27-17-28(27,30)16-25(29)21(27)5/h9-10,13,18-20,23-24,30H,5,7-8,11-12,14-17H2,1-4,6H3/b10-9+,22-13+/t19-,20+,23+,24-,26+,27?,28+/m0/s1. The van der Waals surface area contributed by atoms with Crippen LogP contribution in [0.4, 0.5) is 0 Å². The summed E-state index contributed by atoms with van der Waals surface area (Å²) in [6.45, 7) is 16.0. The van der Waals surface area contributed by atoms with Crippen molar-refractivity contribution in [3.63, 3.8) is 0 Å². The summed E-state index contributed by atoms with van der Waals surface area (Å²) >= 11 is 0. The second-order valence-corrected chi connectivity index (χ2v) is 11.8. The molecule has 2 heteroatoms. The smallest absolute Gasteiger partial charge is 0.161 e. The highest BCUT2D eigenvalue weighted by Crippen LogP contribution is 2.70. The van der Waals surface area contributed by atoms with Crippen LogP contribution in [0.2, 0.25) is 0 Å². The molecule has 0 spiro atoms. The Morgan fingerprint density at radius 3 is 2.57 bits per heavy atom. The van der Waals surface area contributed by atoms with Crippen molar-refractivity contribution >= 4 is 5.78 Å². The average molecular weight is 411 g/mol. The monoisotopic (exact) mass is 410 g/mol. The van der Waals surface area contributed by atoms with E-state index in [9.17, 15) is 9.90 Å². The second kappa shape index (κ2) is 7.47. The van der Waals surface area contributed by atoms with Crippen LogP contribution < -0.4 is 0 Å². The van der Waals surface area contributed by atoms with Gasteiger partial charge >= 0.3 is 0 Å². The SMILES string of the molecule is C=C1C(=O)C[C@@]2(O)CC12C/C=C1\CCC[C@]2(C)[C@@H]([C@H](C)/C=C/[C@H](C)C(C)C)CC[C@@H]12. The predicted molar refractivity (Wildman–Crippen MR) is 124 cm³/mol. The number of carbonyl (C=O) groups is 1. The van der Waals surface area contributed by atoms with Crippen molar-refractivity contribution in [1.82, 2.24) is 0 Å². The first-order chi connectivity index (χ1) is 14.0. The summed E-state index contributed by atoms with van der Waals surface area (Å²) in [5, 5.41) is 10.8. The molecular weight excluding hydrogens is 368 g/mol. The summed E-state index contributed by atoms with van der Waals surface area (Å²) in [6, 6.07) is 0. The minimum atomic E-state index is -0.791. The number of carbonyl (C=O) groups excluding carboxylic acids is 1. The summed E-state index contributed by atoms with van der Waals surface area (Å²) < 4.78 is 0. The molecule has 0 bridgehead atoms. The van der Waals surface area contributed by atoms with Gasteiger partial charge in [-0.05, 0) is 85.5 Å². The first kappa shape index (κ1) is 22.1. The number of ketones is 1. The molecule has 0 aromatic rings. The number of hydrogen-bond acceptors (Lipinski definition) is 2. The molecule has 2 nitrogen and oxygen atoms in total. The molecule has 166 valence electrons. The average Bonchev–Trinajstić information content (AvgIpc) is 3.02. The molecule has 4 saturated carbocycles. The van der Waals surface area contributed by atoms with Crippen molar-refractivity contribution in [2.75, 3.05) is 0 Å². The minimum Gasteiger partial charge on any atom is -0.388 e. The van der Waals surface area contributed by atoms with Crippen LogP contribution in [0.3, 0.4) is 0 Å². The third-order valence-electron chi connectivity index (χ3n) is 9.88. The lowest BCUT2D eigenvalue weighted by Crippen LogP contribution is -2.35. The van der Waals surface area contributed by atoms with Crippen molar-refractivity contribution in [1.29, 1.82) is 0 Å². The molecule has 1 N–H and O–H groups in total. The summed E-state index contributed by atoms with van der Waals surface area (Å²) in [4.78, 5) is 12.1. The molecule has 0 aromatic carbocycles. The molecule has 0 heterocycles. The van der Waals surface area contributed by atoms with E-state index in [0.717, 1.165) is 18.8 Å². The Balaban J connectivity index is 1.49. The van der Waals surface area contributed by atoms with E-state index in [1.165, 1.54) is 32.1 Å². The maximum absolute atomic E-state index is 12.1. The molecule has 0 aromatic heterocycles. The van der Waals surface area contributed by atoms with Gasteiger partial charge in [0, 0.05) is 11.8 Å². The zero-order chi connectivity index (χ0) is 21.9. The minimum absolute atomic E-state index is 0.0767. The zero-order valence-corrected chi connectivity index (χ0v) is 19.8. The lowest BCUT2D eigenvalue weighted by molar-refractivity contribution is -0.116. The molecule has 30 heavy (non-hydrogen) atoms. The van der Waals surface area contributed by atoms with Gasteiger partial charge in [-0.1, -0.05) is 65.0 Å². The van der Waals surface area contributed by atoms with Crippen LogP contribution in [0.15, 0.2) is 36.0 Å². The fourth-order valence-electron chi connectivity index (χ4n) is 7.30. The Labute approximate surface area is 183 Å². The lowest BCUT2D eigenvalue weighted by atomic mass is 9.61. The number of allylic oxidation sites excluding steroid dienone is 4. The molecular formula is C28H42O2. The Bertz CT molecular complexity index is 788. The van der Waals surface area contributed by atoms with Crippen molar-refractivity contribution in [2.45, 2.75) is 91.6 Å². The van der Waals surface area contributed by atoms with Gasteiger partial charge in [0.1, 0.15) is 0 Å². The van der Waals surface area contributed by atoms with E-state index < -0.39 is 5.60 Å². The Morgan fingerprint density at radius 1 is 1.20 bits per heavy atom. The normalized spacial score (nSPS) is 44.0. The topological polar surface area (TPSA) is 37.3 Å². The van der Waals surface area contributed by atoms with E-state index in [0.29, 0.717) is 34.7 Å². The summed E-state index contributed by atoms with van der Waals surface area (Å²) in [7, 11) is 0. The van der Waals surface area contributed by atoms with E-state index in [2.05, 4.69) is 59.4 Å². The highest BCUT2D eigenvalue weighted by molar-refractivity contribution is 6.02. The summed E-state index contributed by atoms with van der Waals surface area (Å²) in [5.74, 6) is 3.46. The van der Waals surface area contributed by atoms with E-state index in [1.807, 2.05) is 0 Å². The van der Waals surface area contributed by atoms with Crippen LogP contribution in [0, 0.1) is 40.4 Å². The van der Waals surface area contributed by atoms with Crippen LogP contribution in [-0.4, -0.2) is 16.5 Å². The quantitative estimate of drug-likeness (QED) is 0.393. The number of hydrogen-bond donors (Lipinski definition) is 1. The highest BCUT2D eigenvalue weighted by Gasteiger charge is 2.73. The number of Topliss-reactive ketones (excluding diaryl/α,β-unsaturated/α-hetero) is 1. The van der Waals surface area contributed by atoms with Crippen LogP contribution in [0.1, 0.15) is 86.0 Å². The molecule has 0 amide bonds. The van der Waals surface area contributed by atoms with E-state index in [1.54, 1.807) is 5.57 Å². The largest absolute Gasteiger partial charge is 0.388 e. The van der Waals surface area contributed by atoms with Crippen molar-refractivity contribution < 1.29 is 9.90 Å². The fraction of sp³-hybridized carbons (Fsp3) is 0.750. The summed E-state index contributed by atoms with van der Waals surface area (Å²) in [5.41, 5.74) is 1.54. The van der Waals surface area contributed by atoms with Gasteiger partial charge in [0.05, 0.1) is 5.60 Å². The zero-order valence-electron chi connectivity index (χ0n) is 19.8. The maximum atomic E-state index is 12.1. The third-order valence-corrected chi connectivity index (χ3v) is 9.88. The Hall–Kier alpha value is -1.15.